The van der Waals surface area contributed by atoms with Gasteiger partial charge in [-0.15, -0.1) is 0 Å². The molecule has 0 saturated heterocycles. The molecule has 32 heavy (non-hydrogen) atoms. The van der Waals surface area contributed by atoms with E-state index in [4.69, 9.17) is 0 Å². The van der Waals surface area contributed by atoms with Gasteiger partial charge in [-0.1, -0.05) is 62.9 Å². The van der Waals surface area contributed by atoms with Gasteiger partial charge in [-0.3, -0.25) is 0 Å². The molecule has 166 valence electrons. The summed E-state index contributed by atoms with van der Waals surface area (Å²) in [5.41, 5.74) is 5.00. The van der Waals surface area contributed by atoms with Crippen molar-refractivity contribution in [3.8, 4) is 5.69 Å². The molecule has 2 unspecified atom stereocenters. The van der Waals surface area contributed by atoms with Crippen LogP contribution in [0.25, 0.3) is 11.8 Å². The maximum atomic E-state index is 13.3. The molecular weight excluding hydrogens is 415 g/mol. The zero-order valence-corrected chi connectivity index (χ0v) is 20.0. The van der Waals surface area contributed by atoms with E-state index < -0.39 is 0 Å². The van der Waals surface area contributed by atoms with E-state index >= 15 is 0 Å². The molecule has 5 rings (SSSR count). The standard InChI is InChI=1S/C26H25FN2S.C2H6/c1-18(30-24-6-4-3-5-7-24)14-20-8-9-21-15-25-19(16-26(20,21)2)17-28-29(25)23-12-10-22(27)11-13-23;1-2/h3-7,10-13,15,17,20H,1,8-9,14,16H2,2H3;1-2H3. The first-order chi connectivity index (χ1) is 15.5. The summed E-state index contributed by atoms with van der Waals surface area (Å²) in [7, 11) is 0. The van der Waals surface area contributed by atoms with Crippen molar-refractivity contribution in [2.45, 2.75) is 51.3 Å². The van der Waals surface area contributed by atoms with E-state index in [1.807, 2.05) is 30.8 Å². The highest BCUT2D eigenvalue weighted by Gasteiger charge is 2.45. The highest BCUT2D eigenvalue weighted by Crippen LogP contribution is 2.55. The molecule has 1 saturated carbocycles. The van der Waals surface area contributed by atoms with Crippen LogP contribution in [-0.2, 0) is 6.42 Å². The number of allylic oxidation sites excluding steroid dienone is 2. The van der Waals surface area contributed by atoms with Crippen molar-refractivity contribution in [3.05, 3.63) is 94.9 Å². The highest BCUT2D eigenvalue weighted by molar-refractivity contribution is 8.03. The molecule has 0 spiro atoms. The van der Waals surface area contributed by atoms with Crippen LogP contribution in [0.5, 0.6) is 0 Å². The van der Waals surface area contributed by atoms with Gasteiger partial charge in [-0.25, -0.2) is 9.07 Å². The van der Waals surface area contributed by atoms with Gasteiger partial charge >= 0.3 is 0 Å². The van der Waals surface area contributed by atoms with Crippen LogP contribution in [0.3, 0.4) is 0 Å². The van der Waals surface area contributed by atoms with E-state index in [1.54, 1.807) is 23.9 Å². The second kappa shape index (κ2) is 9.50. The summed E-state index contributed by atoms with van der Waals surface area (Å²) >= 11 is 1.80. The van der Waals surface area contributed by atoms with Crippen LogP contribution in [0.15, 0.2) is 82.7 Å². The van der Waals surface area contributed by atoms with Crippen LogP contribution >= 0.6 is 11.8 Å². The van der Waals surface area contributed by atoms with Crippen molar-refractivity contribution in [3.63, 3.8) is 0 Å². The Kier molecular flexibility index (Phi) is 6.71. The van der Waals surface area contributed by atoms with Crippen LogP contribution < -0.4 is 0 Å². The number of rotatable bonds is 5. The van der Waals surface area contributed by atoms with Gasteiger partial charge in [0.2, 0.25) is 0 Å². The molecule has 0 N–H and O–H groups in total. The first kappa shape index (κ1) is 22.6. The van der Waals surface area contributed by atoms with Gasteiger partial charge in [0.25, 0.3) is 0 Å². The van der Waals surface area contributed by atoms with Crippen LogP contribution in [0, 0.1) is 17.2 Å². The summed E-state index contributed by atoms with van der Waals surface area (Å²) in [6, 6.07) is 17.1. The normalized spacial score (nSPS) is 21.1. The van der Waals surface area contributed by atoms with Gasteiger partial charge < -0.3 is 0 Å². The van der Waals surface area contributed by atoms with Gasteiger partial charge in [0.1, 0.15) is 5.82 Å². The molecule has 0 amide bonds. The fourth-order valence-corrected chi connectivity index (χ4v) is 5.93. The Morgan fingerprint density at radius 2 is 1.88 bits per heavy atom. The highest BCUT2D eigenvalue weighted by atomic mass is 32.2. The average molecular weight is 447 g/mol. The molecule has 2 aliphatic carbocycles. The number of halogens is 1. The molecule has 0 radical (unpaired) electrons. The third-order valence-electron chi connectivity index (χ3n) is 6.70. The van der Waals surface area contributed by atoms with Crippen LogP contribution in [0.2, 0.25) is 0 Å². The summed E-state index contributed by atoms with van der Waals surface area (Å²) in [6.45, 7) is 10.8. The van der Waals surface area contributed by atoms with E-state index in [0.717, 1.165) is 30.6 Å². The number of nitrogens with zero attached hydrogens (tertiary/aromatic N) is 2. The van der Waals surface area contributed by atoms with Gasteiger partial charge in [-0.05, 0) is 90.0 Å². The summed E-state index contributed by atoms with van der Waals surface area (Å²) in [4.78, 5) is 2.49. The first-order valence-electron chi connectivity index (χ1n) is 11.5. The lowest BCUT2D eigenvalue weighted by atomic mass is 9.69. The van der Waals surface area contributed by atoms with Crippen LogP contribution in [-0.4, -0.2) is 9.78 Å². The molecule has 1 aromatic heterocycles. The van der Waals surface area contributed by atoms with Crippen molar-refractivity contribution in [2.24, 2.45) is 11.3 Å². The molecule has 0 bridgehead atoms. The summed E-state index contributed by atoms with van der Waals surface area (Å²) in [6.07, 6.45) is 8.68. The molecule has 1 fully saturated rings. The maximum absolute atomic E-state index is 13.3. The molecule has 1 heterocycles. The molecular formula is C28H31FN2S. The van der Waals surface area contributed by atoms with Gasteiger partial charge in [-0.2, -0.15) is 5.10 Å². The minimum atomic E-state index is -0.224. The average Bonchev–Trinajstić information content (AvgIpc) is 3.34. The Bertz CT molecular complexity index is 1110. The summed E-state index contributed by atoms with van der Waals surface area (Å²) < 4.78 is 15.3. The molecule has 4 heteroatoms. The number of hydrogen-bond acceptors (Lipinski definition) is 2. The first-order valence-corrected chi connectivity index (χ1v) is 12.3. The minimum absolute atomic E-state index is 0.157. The van der Waals surface area contributed by atoms with E-state index in [1.165, 1.54) is 39.5 Å². The predicted molar refractivity (Wildman–Crippen MR) is 133 cm³/mol. The monoisotopic (exact) mass is 446 g/mol. The van der Waals surface area contributed by atoms with Crippen LogP contribution in [0.4, 0.5) is 4.39 Å². The number of benzene rings is 2. The van der Waals surface area contributed by atoms with Crippen molar-refractivity contribution in [1.29, 1.82) is 0 Å². The summed E-state index contributed by atoms with van der Waals surface area (Å²) in [5, 5.41) is 4.63. The Morgan fingerprint density at radius 1 is 1.16 bits per heavy atom. The van der Waals surface area contributed by atoms with Crippen molar-refractivity contribution in [1.82, 2.24) is 9.78 Å². The summed E-state index contributed by atoms with van der Waals surface area (Å²) in [5.74, 6) is 0.368. The van der Waals surface area contributed by atoms with Crippen molar-refractivity contribution in [2.75, 3.05) is 0 Å². The quantitative estimate of drug-likeness (QED) is 0.369. The second-order valence-electron chi connectivity index (χ2n) is 8.60. The van der Waals surface area contributed by atoms with Gasteiger partial charge in [0, 0.05) is 4.90 Å². The lowest BCUT2D eigenvalue weighted by molar-refractivity contribution is 0.272. The molecule has 2 atom stereocenters. The van der Waals surface area contributed by atoms with Crippen LogP contribution in [0.1, 0.15) is 51.3 Å². The number of hydrogen-bond donors (Lipinski definition) is 0. The Morgan fingerprint density at radius 3 is 2.59 bits per heavy atom. The van der Waals surface area contributed by atoms with Crippen molar-refractivity contribution >= 4 is 17.8 Å². The smallest absolute Gasteiger partial charge is 0.123 e. The third kappa shape index (κ3) is 4.33. The number of fused-ring (bicyclic) bond motifs is 2. The fraction of sp³-hybridized carbons (Fsp3) is 0.321. The lowest BCUT2D eigenvalue weighted by Gasteiger charge is -2.36. The Labute approximate surface area is 195 Å². The molecule has 2 aliphatic rings. The van der Waals surface area contributed by atoms with Gasteiger partial charge in [0.15, 0.2) is 0 Å². The van der Waals surface area contributed by atoms with E-state index in [-0.39, 0.29) is 11.2 Å². The molecule has 0 aliphatic heterocycles. The van der Waals surface area contributed by atoms with E-state index in [9.17, 15) is 4.39 Å². The molecule has 3 aromatic rings. The molecule has 2 nitrogen and oxygen atoms in total. The second-order valence-corrected chi connectivity index (χ2v) is 9.85. The topological polar surface area (TPSA) is 17.8 Å². The van der Waals surface area contributed by atoms with E-state index in [2.05, 4.69) is 48.9 Å². The zero-order chi connectivity index (χ0) is 22.7. The van der Waals surface area contributed by atoms with E-state index in [0.29, 0.717) is 5.92 Å². The largest absolute Gasteiger partial charge is 0.233 e. The number of aromatic nitrogens is 2. The molecule has 2 aromatic carbocycles. The fourth-order valence-electron chi connectivity index (χ4n) is 5.02. The lowest BCUT2D eigenvalue weighted by Crippen LogP contribution is -2.29. The Hall–Kier alpha value is -2.59. The predicted octanol–water partition coefficient (Wildman–Crippen LogP) is 8.09. The minimum Gasteiger partial charge on any atom is -0.233 e. The zero-order valence-electron chi connectivity index (χ0n) is 19.1. The SMILES string of the molecule is C=C(CC1CCC2=Cc3c(cnn3-c3ccc(F)cc3)CC21C)Sc1ccccc1.CC. The third-order valence-corrected chi connectivity index (χ3v) is 7.67. The Balaban J connectivity index is 0.00000119. The maximum Gasteiger partial charge on any atom is 0.123 e. The van der Waals surface area contributed by atoms with Crippen molar-refractivity contribution < 1.29 is 4.39 Å². The van der Waals surface area contributed by atoms with Gasteiger partial charge in [0.05, 0.1) is 17.6 Å². The number of thioether (sulfide) groups is 1.